The van der Waals surface area contributed by atoms with Gasteiger partial charge < -0.3 is 10.5 Å². The van der Waals surface area contributed by atoms with E-state index in [0.717, 1.165) is 0 Å². The lowest BCUT2D eigenvalue weighted by molar-refractivity contribution is 0.180. The average molecular weight is 223 g/mol. The highest BCUT2D eigenvalue weighted by atomic mass is 16.5. The molecule has 2 aromatic heterocycles. The fourth-order valence-corrected chi connectivity index (χ4v) is 1.62. The summed E-state index contributed by atoms with van der Waals surface area (Å²) in [5, 5.41) is 2.64. The Labute approximate surface area is 91.3 Å². The van der Waals surface area contributed by atoms with E-state index in [4.69, 9.17) is 10.5 Å². The summed E-state index contributed by atoms with van der Waals surface area (Å²) in [4.78, 5) is 20.2. The van der Waals surface area contributed by atoms with Crippen LogP contribution in [0.5, 0.6) is 0 Å². The predicted octanol–water partition coefficient (Wildman–Crippen LogP) is -0.291. The van der Waals surface area contributed by atoms with Crippen molar-refractivity contribution in [1.29, 1.82) is 0 Å². The van der Waals surface area contributed by atoms with Crippen LogP contribution in [0.3, 0.4) is 0 Å². The first-order chi connectivity index (χ1) is 7.67. The highest BCUT2D eigenvalue weighted by molar-refractivity contribution is 5.36. The molecule has 7 heteroatoms. The summed E-state index contributed by atoms with van der Waals surface area (Å²) in [6.07, 6.45) is 0.590. The topological polar surface area (TPSA) is 98.3 Å². The van der Waals surface area contributed by atoms with Crippen LogP contribution in [0.4, 0.5) is 5.95 Å². The summed E-state index contributed by atoms with van der Waals surface area (Å²) >= 11 is 0. The lowest BCUT2D eigenvalue weighted by atomic mass is 10.2. The number of aromatic amines is 1. The van der Waals surface area contributed by atoms with E-state index in [1.54, 1.807) is 7.11 Å². The summed E-state index contributed by atoms with van der Waals surface area (Å²) in [6.45, 7) is 2.19. The highest BCUT2D eigenvalue weighted by Crippen LogP contribution is 2.06. The number of nitrogens with zero attached hydrogens (tertiary/aromatic N) is 3. The Morgan fingerprint density at radius 1 is 1.50 bits per heavy atom. The number of nitrogen functional groups attached to an aromatic ring is 1. The second-order valence-electron chi connectivity index (χ2n) is 3.37. The zero-order chi connectivity index (χ0) is 11.7. The Kier molecular flexibility index (Phi) is 2.61. The largest absolute Gasteiger partial charge is 0.378 e. The van der Waals surface area contributed by atoms with Crippen molar-refractivity contribution in [2.75, 3.05) is 12.8 Å². The van der Waals surface area contributed by atoms with Gasteiger partial charge in [0.15, 0.2) is 0 Å². The molecule has 0 spiro atoms. The van der Waals surface area contributed by atoms with Crippen molar-refractivity contribution >= 4 is 11.7 Å². The van der Waals surface area contributed by atoms with E-state index < -0.39 is 0 Å². The number of aromatic nitrogens is 4. The maximum atomic E-state index is 12.0. The fraction of sp³-hybridized carbons (Fsp3) is 0.444. The van der Waals surface area contributed by atoms with Crippen molar-refractivity contribution < 1.29 is 4.74 Å². The molecule has 0 saturated heterocycles. The molecule has 16 heavy (non-hydrogen) atoms. The molecule has 0 atom stereocenters. The van der Waals surface area contributed by atoms with Gasteiger partial charge in [-0.15, -0.1) is 0 Å². The molecule has 0 aromatic carbocycles. The van der Waals surface area contributed by atoms with E-state index in [2.05, 4.69) is 15.1 Å². The molecule has 2 rings (SSSR count). The average Bonchev–Trinajstić information content (AvgIpc) is 2.60. The number of nitrogens with one attached hydrogen (secondary N) is 1. The maximum Gasteiger partial charge on any atom is 0.277 e. The Balaban J connectivity index is 2.75. The predicted molar refractivity (Wildman–Crippen MR) is 58.1 cm³/mol. The number of nitrogens with two attached hydrogens (primary N) is 1. The Bertz CT molecular complexity index is 571. The first-order valence-electron chi connectivity index (χ1n) is 4.92. The molecule has 3 N–H and O–H groups in total. The fourth-order valence-electron chi connectivity index (χ4n) is 1.62. The smallest absolute Gasteiger partial charge is 0.277 e. The second-order valence-corrected chi connectivity index (χ2v) is 3.37. The lowest BCUT2D eigenvalue weighted by Crippen LogP contribution is -2.22. The minimum absolute atomic E-state index is 0.168. The normalized spacial score (nSPS) is 11.1. The molecule has 0 aliphatic rings. The molecule has 2 aromatic rings. The van der Waals surface area contributed by atoms with Gasteiger partial charge in [-0.05, 0) is 6.42 Å². The summed E-state index contributed by atoms with van der Waals surface area (Å²) in [5.74, 6) is 0.438. The molecule has 0 aliphatic heterocycles. The van der Waals surface area contributed by atoms with Gasteiger partial charge in [0.1, 0.15) is 0 Å². The van der Waals surface area contributed by atoms with Crippen molar-refractivity contribution in [2.45, 2.75) is 20.0 Å². The third-order valence-electron chi connectivity index (χ3n) is 2.33. The number of methoxy groups -OCH3 is 1. The molecule has 2 heterocycles. The molecule has 86 valence electrons. The number of rotatable bonds is 3. The van der Waals surface area contributed by atoms with Crippen LogP contribution in [0.1, 0.15) is 18.2 Å². The highest BCUT2D eigenvalue weighted by Gasteiger charge is 2.13. The van der Waals surface area contributed by atoms with Crippen molar-refractivity contribution in [1.82, 2.24) is 19.6 Å². The van der Waals surface area contributed by atoms with Crippen molar-refractivity contribution in [3.05, 3.63) is 21.6 Å². The van der Waals surface area contributed by atoms with E-state index in [1.807, 2.05) is 6.92 Å². The van der Waals surface area contributed by atoms with Gasteiger partial charge in [-0.25, -0.2) is 4.98 Å². The molecule has 0 amide bonds. The summed E-state index contributed by atoms with van der Waals surface area (Å²) in [7, 11) is 1.56. The van der Waals surface area contributed by atoms with Gasteiger partial charge in [0.05, 0.1) is 12.3 Å². The molecular weight excluding hydrogens is 210 g/mol. The van der Waals surface area contributed by atoms with Crippen LogP contribution in [0.2, 0.25) is 0 Å². The van der Waals surface area contributed by atoms with Crippen molar-refractivity contribution in [2.24, 2.45) is 0 Å². The van der Waals surface area contributed by atoms with E-state index in [1.165, 1.54) is 4.52 Å². The third kappa shape index (κ3) is 1.54. The minimum Gasteiger partial charge on any atom is -0.378 e. The van der Waals surface area contributed by atoms with Gasteiger partial charge in [-0.1, -0.05) is 6.92 Å². The number of ether oxygens (including phenoxy) is 1. The van der Waals surface area contributed by atoms with Crippen molar-refractivity contribution in [3.63, 3.8) is 0 Å². The molecule has 0 radical (unpaired) electrons. The summed E-state index contributed by atoms with van der Waals surface area (Å²) in [5.41, 5.74) is 6.53. The molecule has 0 aliphatic carbocycles. The van der Waals surface area contributed by atoms with E-state index in [9.17, 15) is 4.79 Å². The van der Waals surface area contributed by atoms with Gasteiger partial charge >= 0.3 is 0 Å². The van der Waals surface area contributed by atoms with Gasteiger partial charge in [0.25, 0.3) is 11.3 Å². The van der Waals surface area contributed by atoms with Crippen LogP contribution in [0, 0.1) is 0 Å². The number of hydrogen-bond acceptors (Lipinski definition) is 5. The van der Waals surface area contributed by atoms with E-state index >= 15 is 0 Å². The molecule has 0 unspecified atom stereocenters. The molecule has 0 bridgehead atoms. The van der Waals surface area contributed by atoms with E-state index in [-0.39, 0.29) is 17.3 Å². The molecule has 0 saturated carbocycles. The molecule has 7 nitrogen and oxygen atoms in total. The Hall–Kier alpha value is -1.89. The van der Waals surface area contributed by atoms with Crippen LogP contribution in [-0.2, 0) is 17.8 Å². The number of hydrogen-bond donors (Lipinski definition) is 2. The molecule has 0 fully saturated rings. The number of fused-ring (bicyclic) bond motifs is 1. The van der Waals surface area contributed by atoms with Gasteiger partial charge in [0.2, 0.25) is 5.95 Å². The zero-order valence-corrected chi connectivity index (χ0v) is 9.15. The number of anilines is 1. The first-order valence-corrected chi connectivity index (χ1v) is 4.92. The Morgan fingerprint density at radius 3 is 2.88 bits per heavy atom. The second kappa shape index (κ2) is 3.93. The van der Waals surface area contributed by atoms with Crippen LogP contribution in [0.15, 0.2) is 4.79 Å². The van der Waals surface area contributed by atoms with Gasteiger partial charge in [-0.2, -0.15) is 9.50 Å². The van der Waals surface area contributed by atoms with Crippen LogP contribution < -0.4 is 11.3 Å². The lowest BCUT2D eigenvalue weighted by Gasteiger charge is -2.04. The van der Waals surface area contributed by atoms with Crippen LogP contribution in [-0.4, -0.2) is 26.7 Å². The van der Waals surface area contributed by atoms with Crippen LogP contribution >= 0.6 is 0 Å². The Morgan fingerprint density at radius 2 is 2.25 bits per heavy atom. The first kappa shape index (κ1) is 10.6. The number of H-pyrrole nitrogens is 1. The minimum atomic E-state index is -0.177. The van der Waals surface area contributed by atoms with Gasteiger partial charge in [0, 0.05) is 12.7 Å². The van der Waals surface area contributed by atoms with Gasteiger partial charge in [-0.3, -0.25) is 9.89 Å². The maximum absolute atomic E-state index is 12.0. The monoisotopic (exact) mass is 223 g/mol. The van der Waals surface area contributed by atoms with Crippen molar-refractivity contribution in [3.8, 4) is 0 Å². The summed E-state index contributed by atoms with van der Waals surface area (Å²) < 4.78 is 6.24. The zero-order valence-electron chi connectivity index (χ0n) is 9.15. The van der Waals surface area contributed by atoms with Crippen LogP contribution in [0.25, 0.3) is 5.78 Å². The summed E-state index contributed by atoms with van der Waals surface area (Å²) in [6, 6.07) is 0. The quantitative estimate of drug-likeness (QED) is 0.745. The SMILES string of the molecule is CCc1c(COC)nc2nc(N)[nH]n2c1=O. The molecular formula is C9H13N5O2. The standard InChI is InChI=1S/C9H13N5O2/c1-3-5-6(4-16-2)11-9-12-8(10)13-14(9)7(5)15/h3-4H2,1-2H3,(H3,10,11,12,13). The van der Waals surface area contributed by atoms with E-state index in [0.29, 0.717) is 24.3 Å². The third-order valence-corrected chi connectivity index (χ3v) is 2.33.